The van der Waals surface area contributed by atoms with Crippen LogP contribution in [0.2, 0.25) is 0 Å². The van der Waals surface area contributed by atoms with E-state index < -0.39 is 5.41 Å². The Bertz CT molecular complexity index is 317. The monoisotopic (exact) mass is 226 g/mol. The summed E-state index contributed by atoms with van der Waals surface area (Å²) in [5.74, 6) is 1.25. The molecule has 0 radical (unpaired) electrons. The summed E-state index contributed by atoms with van der Waals surface area (Å²) < 4.78 is 1.97. The minimum atomic E-state index is -0.397. The third-order valence-corrected chi connectivity index (χ3v) is 3.62. The maximum absolute atomic E-state index is 9.46. The first-order chi connectivity index (χ1) is 7.55. The van der Waals surface area contributed by atoms with E-state index in [0.717, 1.165) is 18.7 Å². The van der Waals surface area contributed by atoms with Crippen LogP contribution < -0.4 is 0 Å². The maximum atomic E-state index is 9.46. The Morgan fingerprint density at radius 2 is 2.00 bits per heavy atom. The Hall–Kier alpha value is -0.870. The van der Waals surface area contributed by atoms with E-state index in [2.05, 4.69) is 4.98 Å². The normalized spacial score (nSPS) is 12.4. The van der Waals surface area contributed by atoms with Crippen molar-refractivity contribution in [1.29, 1.82) is 0 Å². The van der Waals surface area contributed by atoms with Crippen molar-refractivity contribution in [2.75, 3.05) is 13.2 Å². The molecule has 0 amide bonds. The van der Waals surface area contributed by atoms with Crippen LogP contribution in [0.15, 0.2) is 12.4 Å². The minimum Gasteiger partial charge on any atom is -0.396 e. The Morgan fingerprint density at radius 1 is 1.38 bits per heavy atom. The first kappa shape index (κ1) is 13.2. The standard InChI is InChI=1S/C12H22N2O2/c1-10(2)12(8-15,9-16)5-4-11-13-6-7-14(11)3/h6-7,10,15-16H,4-5,8-9H2,1-3H3. The molecule has 1 heterocycles. The first-order valence-corrected chi connectivity index (χ1v) is 5.73. The smallest absolute Gasteiger partial charge is 0.108 e. The summed E-state index contributed by atoms with van der Waals surface area (Å²) in [5, 5.41) is 18.9. The van der Waals surface area contributed by atoms with E-state index in [1.54, 1.807) is 6.20 Å². The first-order valence-electron chi connectivity index (χ1n) is 5.73. The van der Waals surface area contributed by atoms with Crippen LogP contribution in [0, 0.1) is 11.3 Å². The second-order valence-corrected chi connectivity index (χ2v) is 4.79. The summed E-state index contributed by atoms with van der Waals surface area (Å²) in [6.45, 7) is 4.10. The molecular weight excluding hydrogens is 204 g/mol. The van der Waals surface area contributed by atoms with Crippen LogP contribution in [0.3, 0.4) is 0 Å². The number of aliphatic hydroxyl groups is 2. The van der Waals surface area contributed by atoms with Gasteiger partial charge in [0.05, 0.1) is 13.2 Å². The van der Waals surface area contributed by atoms with Gasteiger partial charge in [0, 0.05) is 31.3 Å². The Balaban J connectivity index is 2.67. The van der Waals surface area contributed by atoms with Gasteiger partial charge in [0.25, 0.3) is 0 Å². The quantitative estimate of drug-likeness (QED) is 0.760. The van der Waals surface area contributed by atoms with Gasteiger partial charge < -0.3 is 14.8 Å². The van der Waals surface area contributed by atoms with E-state index in [0.29, 0.717) is 0 Å². The van der Waals surface area contributed by atoms with Gasteiger partial charge in [-0.2, -0.15) is 0 Å². The van der Waals surface area contributed by atoms with Crippen LogP contribution in [0.4, 0.5) is 0 Å². The zero-order chi connectivity index (χ0) is 12.2. The number of rotatable bonds is 6. The summed E-state index contributed by atoms with van der Waals surface area (Å²) >= 11 is 0. The fraction of sp³-hybridized carbons (Fsp3) is 0.750. The molecule has 0 aromatic carbocycles. The largest absolute Gasteiger partial charge is 0.396 e. The Morgan fingerprint density at radius 3 is 2.38 bits per heavy atom. The summed E-state index contributed by atoms with van der Waals surface area (Å²) in [4.78, 5) is 4.25. The molecule has 1 aromatic heterocycles. The molecule has 4 heteroatoms. The number of aromatic nitrogens is 2. The molecule has 16 heavy (non-hydrogen) atoms. The lowest BCUT2D eigenvalue weighted by Gasteiger charge is -2.33. The number of hydrogen-bond acceptors (Lipinski definition) is 3. The second-order valence-electron chi connectivity index (χ2n) is 4.79. The van der Waals surface area contributed by atoms with Gasteiger partial charge in [0.15, 0.2) is 0 Å². The molecule has 4 nitrogen and oxygen atoms in total. The fourth-order valence-electron chi connectivity index (χ4n) is 1.86. The van der Waals surface area contributed by atoms with E-state index in [4.69, 9.17) is 0 Å². The van der Waals surface area contributed by atoms with Gasteiger partial charge in [-0.3, -0.25) is 0 Å². The molecule has 0 aliphatic heterocycles. The summed E-state index contributed by atoms with van der Waals surface area (Å²) in [5.41, 5.74) is -0.397. The van der Waals surface area contributed by atoms with Gasteiger partial charge in [-0.25, -0.2) is 4.98 Å². The van der Waals surface area contributed by atoms with Gasteiger partial charge in [0.1, 0.15) is 5.82 Å². The highest BCUT2D eigenvalue weighted by Gasteiger charge is 2.32. The Kier molecular flexibility index (Phi) is 4.50. The number of aryl methyl sites for hydroxylation is 2. The molecule has 0 unspecified atom stereocenters. The number of nitrogens with zero attached hydrogens (tertiary/aromatic N) is 2. The third-order valence-electron chi connectivity index (χ3n) is 3.62. The van der Waals surface area contributed by atoms with E-state index in [9.17, 15) is 10.2 Å². The average molecular weight is 226 g/mol. The van der Waals surface area contributed by atoms with Crippen LogP contribution in [-0.2, 0) is 13.5 Å². The number of hydrogen-bond donors (Lipinski definition) is 2. The summed E-state index contributed by atoms with van der Waals surface area (Å²) in [6, 6.07) is 0. The fourth-order valence-corrected chi connectivity index (χ4v) is 1.86. The van der Waals surface area contributed by atoms with E-state index in [-0.39, 0.29) is 19.1 Å². The van der Waals surface area contributed by atoms with Crippen molar-refractivity contribution in [2.24, 2.45) is 18.4 Å². The summed E-state index contributed by atoms with van der Waals surface area (Å²) in [6.07, 6.45) is 5.21. The number of aliphatic hydroxyl groups excluding tert-OH is 2. The van der Waals surface area contributed by atoms with Crippen molar-refractivity contribution in [3.05, 3.63) is 18.2 Å². The number of imidazole rings is 1. The topological polar surface area (TPSA) is 58.3 Å². The van der Waals surface area contributed by atoms with Crippen LogP contribution in [0.5, 0.6) is 0 Å². The Labute approximate surface area is 96.9 Å². The van der Waals surface area contributed by atoms with Crippen molar-refractivity contribution in [2.45, 2.75) is 26.7 Å². The lowest BCUT2D eigenvalue weighted by atomic mass is 9.75. The van der Waals surface area contributed by atoms with Gasteiger partial charge in [-0.15, -0.1) is 0 Å². The van der Waals surface area contributed by atoms with Crippen molar-refractivity contribution < 1.29 is 10.2 Å². The van der Waals surface area contributed by atoms with Gasteiger partial charge in [0.2, 0.25) is 0 Å². The van der Waals surface area contributed by atoms with Crippen molar-refractivity contribution in [3.8, 4) is 0 Å². The maximum Gasteiger partial charge on any atom is 0.108 e. The van der Waals surface area contributed by atoms with Crippen LogP contribution >= 0.6 is 0 Å². The summed E-state index contributed by atoms with van der Waals surface area (Å²) in [7, 11) is 1.96. The van der Waals surface area contributed by atoms with Gasteiger partial charge in [-0.1, -0.05) is 13.8 Å². The molecule has 1 rings (SSSR count). The zero-order valence-electron chi connectivity index (χ0n) is 10.3. The molecule has 0 saturated heterocycles. The molecule has 92 valence electrons. The highest BCUT2D eigenvalue weighted by molar-refractivity contribution is 4.94. The van der Waals surface area contributed by atoms with Crippen LogP contribution in [-0.4, -0.2) is 33.0 Å². The van der Waals surface area contributed by atoms with Crippen molar-refractivity contribution in [3.63, 3.8) is 0 Å². The lowest BCUT2D eigenvalue weighted by Crippen LogP contribution is -2.36. The molecule has 0 atom stereocenters. The molecule has 0 aliphatic carbocycles. The predicted molar refractivity (Wildman–Crippen MR) is 63.0 cm³/mol. The molecule has 0 aliphatic rings. The third kappa shape index (κ3) is 2.62. The molecule has 0 fully saturated rings. The molecule has 2 N–H and O–H groups in total. The van der Waals surface area contributed by atoms with Crippen molar-refractivity contribution in [1.82, 2.24) is 9.55 Å². The molecule has 0 bridgehead atoms. The molecular formula is C12H22N2O2. The van der Waals surface area contributed by atoms with E-state index in [1.165, 1.54) is 0 Å². The van der Waals surface area contributed by atoms with E-state index in [1.807, 2.05) is 31.7 Å². The van der Waals surface area contributed by atoms with Gasteiger partial charge >= 0.3 is 0 Å². The lowest BCUT2D eigenvalue weighted by molar-refractivity contribution is 0.00871. The highest BCUT2D eigenvalue weighted by Crippen LogP contribution is 2.31. The van der Waals surface area contributed by atoms with Crippen LogP contribution in [0.1, 0.15) is 26.1 Å². The van der Waals surface area contributed by atoms with Crippen molar-refractivity contribution >= 4 is 0 Å². The van der Waals surface area contributed by atoms with Gasteiger partial charge in [-0.05, 0) is 12.3 Å². The van der Waals surface area contributed by atoms with E-state index >= 15 is 0 Å². The second kappa shape index (κ2) is 5.46. The average Bonchev–Trinajstić information content (AvgIpc) is 2.66. The predicted octanol–water partition coefficient (Wildman–Crippen LogP) is 0.980. The van der Waals surface area contributed by atoms with Crippen LogP contribution in [0.25, 0.3) is 0 Å². The molecule has 0 saturated carbocycles. The zero-order valence-corrected chi connectivity index (χ0v) is 10.3. The molecule has 1 aromatic rings. The SMILES string of the molecule is CC(C)C(CO)(CO)CCc1nccn1C. The highest BCUT2D eigenvalue weighted by atomic mass is 16.3. The minimum absolute atomic E-state index is 0.0194. The molecule has 0 spiro atoms.